The van der Waals surface area contributed by atoms with Gasteiger partial charge in [-0.25, -0.2) is 4.98 Å². The van der Waals surface area contributed by atoms with Crippen LogP contribution >= 0.6 is 0 Å². The van der Waals surface area contributed by atoms with Crippen LogP contribution in [0, 0.1) is 49.3 Å². The van der Waals surface area contributed by atoms with Crippen LogP contribution in [0.4, 0.5) is 22.7 Å². The van der Waals surface area contributed by atoms with Gasteiger partial charge in [0.05, 0.1) is 0 Å². The molecule has 6 heteroatoms. The number of nitrogens with zero attached hydrogens (tertiary/aromatic N) is 4. The Balaban J connectivity index is 0.00000432. The molecule has 6 aromatic carbocycles. The van der Waals surface area contributed by atoms with Crippen LogP contribution in [0.5, 0.6) is 11.5 Å². The van der Waals surface area contributed by atoms with Crippen molar-refractivity contribution in [1.29, 1.82) is 0 Å². The van der Waals surface area contributed by atoms with E-state index in [2.05, 4.69) is 142 Å². The molecule has 3 heterocycles. The minimum atomic E-state index is -2.14. The van der Waals surface area contributed by atoms with E-state index in [0.717, 1.165) is 62.2 Å². The van der Waals surface area contributed by atoms with Crippen molar-refractivity contribution < 1.29 is 29.9 Å². The summed E-state index contributed by atoms with van der Waals surface area (Å²) in [5, 5.41) is 2.19. The molecule has 8 aromatic rings. The van der Waals surface area contributed by atoms with Gasteiger partial charge in [-0.1, -0.05) is 83.9 Å². The van der Waals surface area contributed by atoms with Crippen molar-refractivity contribution in [3.63, 3.8) is 0 Å². The monoisotopic (exact) mass is 949 g/mol. The summed E-state index contributed by atoms with van der Waals surface area (Å²) in [6.45, 7) is -0.0355. The van der Waals surface area contributed by atoms with Gasteiger partial charge in [0, 0.05) is 70.9 Å². The maximum Gasteiger partial charge on any atom is 0.135 e. The van der Waals surface area contributed by atoms with Crippen LogP contribution in [0.1, 0.15) is 52.9 Å². The molecule has 4 aliphatic carbocycles. The molecule has 294 valence electrons. The Morgan fingerprint density at radius 1 is 0.661 bits per heavy atom. The molecule has 4 fully saturated rings. The summed E-state index contributed by atoms with van der Waals surface area (Å²) >= 11 is 0. The molecule has 0 amide bonds. The second kappa shape index (κ2) is 14.3. The Kier molecular flexibility index (Phi) is 8.04. The molecule has 5 aliphatic rings. The molecule has 0 radical (unpaired) electrons. The SMILES string of the molecule is [2H]C([2H])([2H])c1ccc(C2(c3ccnc(-n4c5[c-]c(Oc6[c-]c(N7[CH-]N(c8ccccc8)c8ccccc87)ccc6)ccc5c5ccccc54)c3)C3CC4CC(C3)CC2C4)cc1.[Pt]. The second-order valence-corrected chi connectivity index (χ2v) is 16.8. The van der Waals surface area contributed by atoms with Gasteiger partial charge in [-0.3, -0.25) is 0 Å². The zero-order valence-electron chi connectivity index (χ0n) is 35.4. The largest absolute Gasteiger partial charge is 0.509 e. The van der Waals surface area contributed by atoms with Gasteiger partial charge in [-0.15, -0.1) is 48.1 Å². The Morgan fingerprint density at radius 3 is 2.15 bits per heavy atom. The molecule has 0 unspecified atom stereocenters. The van der Waals surface area contributed by atoms with E-state index in [1.807, 2.05) is 42.6 Å². The van der Waals surface area contributed by atoms with Gasteiger partial charge in [-0.05, 0) is 122 Å². The van der Waals surface area contributed by atoms with Gasteiger partial charge in [-0.2, -0.15) is 12.1 Å². The predicted octanol–water partition coefficient (Wildman–Crippen LogP) is 13.0. The molecule has 0 N–H and O–H groups in total. The molecule has 59 heavy (non-hydrogen) atoms. The molecule has 0 atom stereocenters. The first-order valence-electron chi connectivity index (χ1n) is 22.1. The quantitative estimate of drug-likeness (QED) is 0.149. The van der Waals surface area contributed by atoms with Crippen LogP contribution in [0.3, 0.4) is 0 Å². The Morgan fingerprint density at radius 2 is 1.37 bits per heavy atom. The van der Waals surface area contributed by atoms with Crippen LogP contribution in [0.25, 0.3) is 27.6 Å². The number of pyridine rings is 1. The van der Waals surface area contributed by atoms with Crippen LogP contribution in [0.15, 0.2) is 152 Å². The van der Waals surface area contributed by atoms with E-state index in [4.69, 9.17) is 13.8 Å². The number of ether oxygens (including phenoxy) is 1. The molecule has 13 rings (SSSR count). The summed E-state index contributed by atoms with van der Waals surface area (Å²) in [7, 11) is 0. The van der Waals surface area contributed by atoms with E-state index in [-0.39, 0.29) is 26.5 Å². The van der Waals surface area contributed by atoms with Gasteiger partial charge in [0.2, 0.25) is 0 Å². The van der Waals surface area contributed by atoms with Crippen LogP contribution in [-0.4, -0.2) is 9.55 Å². The second-order valence-electron chi connectivity index (χ2n) is 16.8. The van der Waals surface area contributed by atoms with Gasteiger partial charge >= 0.3 is 0 Å². The van der Waals surface area contributed by atoms with Crippen molar-refractivity contribution in [1.82, 2.24) is 9.55 Å². The number of para-hydroxylation sites is 4. The number of rotatable bonds is 7. The summed E-state index contributed by atoms with van der Waals surface area (Å²) in [4.78, 5) is 9.44. The molecule has 5 nitrogen and oxygen atoms in total. The Labute approximate surface area is 364 Å². The van der Waals surface area contributed by atoms with E-state index >= 15 is 0 Å². The Hall–Kier alpha value is -5.64. The number of aryl methyl sites for hydroxylation is 1. The average Bonchev–Trinajstić information content (AvgIpc) is 3.83. The third-order valence-corrected chi connectivity index (χ3v) is 13.7. The molecule has 4 bridgehead atoms. The van der Waals surface area contributed by atoms with Crippen molar-refractivity contribution in [2.45, 2.75) is 44.4 Å². The number of anilines is 4. The maximum absolute atomic E-state index is 8.08. The van der Waals surface area contributed by atoms with Gasteiger partial charge in [0.25, 0.3) is 0 Å². The van der Waals surface area contributed by atoms with E-state index < -0.39 is 6.85 Å². The zero-order valence-corrected chi connectivity index (χ0v) is 34.6. The molecule has 2 aromatic heterocycles. The van der Waals surface area contributed by atoms with Crippen LogP contribution in [0.2, 0.25) is 0 Å². The first kappa shape index (κ1) is 33.2. The third kappa shape index (κ3) is 5.80. The van der Waals surface area contributed by atoms with Gasteiger partial charge in [0.15, 0.2) is 0 Å². The summed E-state index contributed by atoms with van der Waals surface area (Å²) in [6.07, 6.45) is 8.16. The van der Waals surface area contributed by atoms with Crippen LogP contribution in [-0.2, 0) is 26.5 Å². The zero-order chi connectivity index (χ0) is 40.9. The van der Waals surface area contributed by atoms with Crippen molar-refractivity contribution in [2.75, 3.05) is 9.80 Å². The van der Waals surface area contributed by atoms with Gasteiger partial charge in [0.1, 0.15) is 5.82 Å². The fourth-order valence-electron chi connectivity index (χ4n) is 11.6. The average molecular weight is 950 g/mol. The van der Waals surface area contributed by atoms with E-state index in [1.165, 1.54) is 43.2 Å². The summed E-state index contributed by atoms with van der Waals surface area (Å²) < 4.78 is 33.1. The molecular weight excluding hydrogens is 904 g/mol. The molecule has 4 saturated carbocycles. The topological polar surface area (TPSA) is 33.5 Å². The number of fused-ring (bicyclic) bond motifs is 4. The fraction of sp³-hybridized carbons (Fsp3) is 0.208. The predicted molar refractivity (Wildman–Crippen MR) is 233 cm³/mol. The van der Waals surface area contributed by atoms with E-state index in [0.29, 0.717) is 28.9 Å². The van der Waals surface area contributed by atoms with Gasteiger partial charge < -0.3 is 19.1 Å². The standard InChI is InChI=1S/C53H43N4O.Pt/c1-35-18-20-38(21-19-35)53(40-27-36-26-37(29-40)30-41(53)28-36)39-24-25-54-52(31-39)57-48-15-6-5-14-46(48)47-23-22-45(33-51(47)57)58-44-13-9-12-43(32-44)56-34-55(42-10-3-2-4-11-42)49-16-7-8-17-50(49)56;/h2-25,31,34,36-37,40-41H,26-30H2,1H3;/q-3;/i1D3;. The number of hydrogen-bond donors (Lipinski definition) is 0. The van der Waals surface area contributed by atoms with E-state index in [1.54, 1.807) is 0 Å². The maximum atomic E-state index is 8.08. The summed E-state index contributed by atoms with van der Waals surface area (Å²) in [6, 6.07) is 57.0. The minimum Gasteiger partial charge on any atom is -0.509 e. The first-order chi connectivity index (χ1) is 29.8. The van der Waals surface area contributed by atoms with Crippen molar-refractivity contribution in [2.24, 2.45) is 23.7 Å². The molecular formula is C53H43N4OPt-3. The van der Waals surface area contributed by atoms with E-state index in [9.17, 15) is 0 Å². The minimum absolute atomic E-state index is 0. The smallest absolute Gasteiger partial charge is 0.135 e. The Bertz CT molecular complexity index is 2940. The summed E-state index contributed by atoms with van der Waals surface area (Å²) in [5.74, 6) is 4.54. The normalized spacial score (nSPS) is 23.8. The fourth-order valence-corrected chi connectivity index (χ4v) is 11.6. The molecule has 1 aliphatic heterocycles. The van der Waals surface area contributed by atoms with Crippen molar-refractivity contribution in [3.8, 4) is 17.3 Å². The first-order valence-corrected chi connectivity index (χ1v) is 20.6. The molecule has 0 saturated heterocycles. The molecule has 0 spiro atoms. The third-order valence-electron chi connectivity index (χ3n) is 13.7. The summed E-state index contributed by atoms with van der Waals surface area (Å²) in [5.41, 5.74) is 8.73. The number of aromatic nitrogens is 2. The number of hydrogen-bond acceptors (Lipinski definition) is 4. The van der Waals surface area contributed by atoms with Crippen molar-refractivity contribution >= 4 is 44.6 Å². The van der Waals surface area contributed by atoms with Crippen LogP contribution < -0.4 is 14.5 Å². The van der Waals surface area contributed by atoms with Crippen molar-refractivity contribution in [3.05, 3.63) is 187 Å². The number of benzene rings is 6.